The van der Waals surface area contributed by atoms with Gasteiger partial charge in [-0.05, 0) is 36.5 Å². The van der Waals surface area contributed by atoms with Gasteiger partial charge in [0, 0.05) is 0 Å². The molecular weight excluding hydrogens is 145 g/mol. The molecule has 11 heavy (non-hydrogen) atoms. The fourth-order valence-corrected chi connectivity index (χ4v) is 1.00. The van der Waals surface area contributed by atoms with Crippen LogP contribution in [0.1, 0.15) is 11.1 Å². The van der Waals surface area contributed by atoms with E-state index in [1.807, 2.05) is 0 Å². The molecule has 0 saturated heterocycles. The van der Waals surface area contributed by atoms with Crippen molar-refractivity contribution in [2.75, 3.05) is 0 Å². The molecule has 0 aromatic heterocycles. The molecule has 0 atom stereocenters. The monoisotopic (exact) mass is 154 g/mol. The SMILES string of the molecule is Bc1c(F)cc(C)c(F)c1C. The maximum absolute atomic E-state index is 13.0. The Morgan fingerprint density at radius 2 is 1.82 bits per heavy atom. The molecule has 3 heteroatoms. The summed E-state index contributed by atoms with van der Waals surface area (Å²) in [7, 11) is 1.58. The van der Waals surface area contributed by atoms with Crippen molar-refractivity contribution in [3.63, 3.8) is 0 Å². The first-order chi connectivity index (χ1) is 5.04. The predicted octanol–water partition coefficient (Wildman–Crippen LogP) is 0.840. The lowest BCUT2D eigenvalue weighted by Gasteiger charge is -2.05. The molecule has 0 spiro atoms. The highest BCUT2D eigenvalue weighted by Crippen LogP contribution is 2.10. The first-order valence-electron chi connectivity index (χ1n) is 3.46. The summed E-state index contributed by atoms with van der Waals surface area (Å²) in [4.78, 5) is 0. The molecule has 1 aromatic rings. The second-order valence-corrected chi connectivity index (χ2v) is 2.74. The van der Waals surface area contributed by atoms with Crippen LogP contribution in [-0.2, 0) is 0 Å². The maximum Gasteiger partial charge on any atom is 0.143 e. The molecule has 0 aliphatic heterocycles. The summed E-state index contributed by atoms with van der Waals surface area (Å²) in [6.07, 6.45) is 0. The molecule has 1 rings (SSSR count). The molecule has 0 N–H and O–H groups in total. The van der Waals surface area contributed by atoms with Crippen molar-refractivity contribution in [3.05, 3.63) is 28.8 Å². The average Bonchev–Trinajstić information content (AvgIpc) is 1.97. The zero-order valence-corrected chi connectivity index (χ0v) is 6.83. The van der Waals surface area contributed by atoms with Crippen LogP contribution in [0.25, 0.3) is 0 Å². The molecule has 0 fully saturated rings. The van der Waals surface area contributed by atoms with E-state index in [2.05, 4.69) is 0 Å². The average molecular weight is 154 g/mol. The van der Waals surface area contributed by atoms with Gasteiger partial charge in [0.2, 0.25) is 0 Å². The molecule has 0 aliphatic carbocycles. The summed E-state index contributed by atoms with van der Waals surface area (Å²) in [6.45, 7) is 3.14. The molecule has 0 saturated carbocycles. The Balaban J connectivity index is 3.46. The number of benzene rings is 1. The van der Waals surface area contributed by atoms with Crippen LogP contribution in [0.5, 0.6) is 0 Å². The van der Waals surface area contributed by atoms with Gasteiger partial charge >= 0.3 is 0 Å². The summed E-state index contributed by atoms with van der Waals surface area (Å²) >= 11 is 0. The van der Waals surface area contributed by atoms with Gasteiger partial charge in [0.05, 0.1) is 0 Å². The highest BCUT2D eigenvalue weighted by atomic mass is 19.1. The minimum Gasteiger partial charge on any atom is -0.208 e. The zero-order chi connectivity index (χ0) is 8.59. The van der Waals surface area contributed by atoms with Gasteiger partial charge in [0.15, 0.2) is 0 Å². The van der Waals surface area contributed by atoms with Crippen molar-refractivity contribution in [1.29, 1.82) is 0 Å². The van der Waals surface area contributed by atoms with Crippen LogP contribution in [0.15, 0.2) is 6.07 Å². The molecule has 0 radical (unpaired) electrons. The Morgan fingerprint density at radius 1 is 1.27 bits per heavy atom. The van der Waals surface area contributed by atoms with Gasteiger partial charge < -0.3 is 0 Å². The topological polar surface area (TPSA) is 0 Å². The second-order valence-electron chi connectivity index (χ2n) is 2.74. The van der Waals surface area contributed by atoms with Crippen molar-refractivity contribution in [1.82, 2.24) is 0 Å². The molecule has 0 bridgehead atoms. The van der Waals surface area contributed by atoms with Crippen LogP contribution in [0.4, 0.5) is 8.78 Å². The minimum absolute atomic E-state index is 0.302. The number of aryl methyl sites for hydroxylation is 1. The van der Waals surface area contributed by atoms with Crippen molar-refractivity contribution in [3.8, 4) is 0 Å². The predicted molar refractivity (Wildman–Crippen MR) is 44.0 cm³/mol. The van der Waals surface area contributed by atoms with E-state index in [9.17, 15) is 8.78 Å². The molecule has 0 amide bonds. The Kier molecular flexibility index (Phi) is 1.98. The third-order valence-electron chi connectivity index (χ3n) is 1.94. The Morgan fingerprint density at radius 3 is 2.36 bits per heavy atom. The van der Waals surface area contributed by atoms with Crippen LogP contribution >= 0.6 is 0 Å². The second kappa shape index (κ2) is 2.64. The van der Waals surface area contributed by atoms with Gasteiger partial charge in [-0.25, -0.2) is 8.78 Å². The lowest BCUT2D eigenvalue weighted by atomic mass is 9.89. The van der Waals surface area contributed by atoms with Crippen LogP contribution in [0, 0.1) is 25.5 Å². The molecule has 0 aliphatic rings. The quantitative estimate of drug-likeness (QED) is 0.485. The number of hydrogen-bond acceptors (Lipinski definition) is 0. The largest absolute Gasteiger partial charge is 0.208 e. The van der Waals surface area contributed by atoms with Crippen LogP contribution in [-0.4, -0.2) is 7.85 Å². The molecule has 1 aromatic carbocycles. The van der Waals surface area contributed by atoms with Crippen LogP contribution in [0.3, 0.4) is 0 Å². The van der Waals surface area contributed by atoms with E-state index < -0.39 is 0 Å². The lowest BCUT2D eigenvalue weighted by Crippen LogP contribution is -2.15. The summed E-state index contributed by atoms with van der Waals surface area (Å²) in [5.74, 6) is -0.634. The van der Waals surface area contributed by atoms with E-state index in [1.165, 1.54) is 6.07 Å². The first-order valence-corrected chi connectivity index (χ1v) is 3.46. The fraction of sp³-hybridized carbons (Fsp3) is 0.250. The highest BCUT2D eigenvalue weighted by Gasteiger charge is 2.08. The molecule has 58 valence electrons. The van der Waals surface area contributed by atoms with Crippen LogP contribution < -0.4 is 5.46 Å². The van der Waals surface area contributed by atoms with Gasteiger partial charge in [0.1, 0.15) is 19.5 Å². The fourth-order valence-electron chi connectivity index (χ4n) is 1.00. The smallest absolute Gasteiger partial charge is 0.143 e. The van der Waals surface area contributed by atoms with Gasteiger partial charge in [0.25, 0.3) is 0 Å². The van der Waals surface area contributed by atoms with E-state index in [1.54, 1.807) is 21.7 Å². The van der Waals surface area contributed by atoms with E-state index in [0.29, 0.717) is 16.6 Å². The van der Waals surface area contributed by atoms with E-state index in [4.69, 9.17) is 0 Å². The van der Waals surface area contributed by atoms with Crippen molar-refractivity contribution in [2.24, 2.45) is 0 Å². The van der Waals surface area contributed by atoms with Crippen molar-refractivity contribution < 1.29 is 8.78 Å². The molecule has 0 unspecified atom stereocenters. The maximum atomic E-state index is 13.0. The van der Waals surface area contributed by atoms with Crippen LogP contribution in [0.2, 0.25) is 0 Å². The van der Waals surface area contributed by atoms with Gasteiger partial charge in [-0.2, -0.15) is 0 Å². The summed E-state index contributed by atoms with van der Waals surface area (Å²) in [5.41, 5.74) is 1.17. The molecule has 0 heterocycles. The van der Waals surface area contributed by atoms with Gasteiger partial charge in [-0.1, -0.05) is 0 Å². The summed E-state index contributed by atoms with van der Waals surface area (Å²) in [6, 6.07) is 1.22. The standard InChI is InChI=1S/C8H9BF2/c1-4-3-6(10)7(9)5(2)8(4)11/h3H,9H2,1-2H3. The Bertz CT molecular complexity index is 268. The number of halogens is 2. The molecule has 0 nitrogen and oxygen atoms in total. The summed E-state index contributed by atoms with van der Waals surface area (Å²) < 4.78 is 25.9. The number of rotatable bonds is 0. The Hall–Kier alpha value is -0.855. The summed E-state index contributed by atoms with van der Waals surface area (Å²) in [5, 5.41) is 0. The third kappa shape index (κ3) is 1.27. The highest BCUT2D eigenvalue weighted by molar-refractivity contribution is 6.33. The van der Waals surface area contributed by atoms with Gasteiger partial charge in [-0.15, -0.1) is 0 Å². The van der Waals surface area contributed by atoms with Crippen molar-refractivity contribution in [2.45, 2.75) is 13.8 Å². The van der Waals surface area contributed by atoms with Gasteiger partial charge in [-0.3, -0.25) is 0 Å². The Labute approximate surface area is 65.6 Å². The van der Waals surface area contributed by atoms with E-state index >= 15 is 0 Å². The van der Waals surface area contributed by atoms with E-state index in [-0.39, 0.29) is 11.6 Å². The normalized spacial score (nSPS) is 10.2. The number of hydrogen-bond donors (Lipinski definition) is 0. The third-order valence-corrected chi connectivity index (χ3v) is 1.94. The van der Waals surface area contributed by atoms with E-state index in [0.717, 1.165) is 0 Å². The first kappa shape index (κ1) is 8.24. The lowest BCUT2D eigenvalue weighted by molar-refractivity contribution is 0.591. The minimum atomic E-state index is -0.332. The zero-order valence-electron chi connectivity index (χ0n) is 6.83. The van der Waals surface area contributed by atoms with Crippen molar-refractivity contribution >= 4 is 13.3 Å². The molecular formula is C8H9BF2.